The molecule has 0 aromatic heterocycles. The van der Waals surface area contributed by atoms with Gasteiger partial charge in [-0.05, 0) is 50.5 Å². The Morgan fingerprint density at radius 1 is 1.14 bits per heavy atom. The minimum Gasteiger partial charge on any atom is -0.330 e. The Morgan fingerprint density at radius 3 is 2.14 bits per heavy atom. The predicted octanol–water partition coefficient (Wildman–Crippen LogP) is 2.04. The van der Waals surface area contributed by atoms with Gasteiger partial charge < -0.3 is 11.1 Å². The summed E-state index contributed by atoms with van der Waals surface area (Å²) < 4.78 is 0. The van der Waals surface area contributed by atoms with Crippen LogP contribution in [0.2, 0.25) is 0 Å². The molecule has 0 saturated heterocycles. The molecule has 2 saturated carbocycles. The van der Waals surface area contributed by atoms with Gasteiger partial charge in [0, 0.05) is 12.1 Å². The van der Waals surface area contributed by atoms with E-state index in [1.165, 1.54) is 44.9 Å². The molecule has 0 bridgehead atoms. The van der Waals surface area contributed by atoms with Crippen molar-refractivity contribution in [3.8, 4) is 0 Å². The molecule has 2 fully saturated rings. The Bertz CT molecular complexity index is 179. The molecule has 2 heteroatoms. The Kier molecular flexibility index (Phi) is 3.13. The van der Waals surface area contributed by atoms with Crippen molar-refractivity contribution in [3.63, 3.8) is 0 Å². The molecule has 0 radical (unpaired) electrons. The number of hydrogen-bond acceptors (Lipinski definition) is 2. The molecule has 0 amide bonds. The number of nitrogens with one attached hydrogen (secondary N) is 1. The summed E-state index contributed by atoms with van der Waals surface area (Å²) in [6, 6.07) is 1.64. The van der Waals surface area contributed by atoms with Crippen LogP contribution >= 0.6 is 0 Å². The quantitative estimate of drug-likeness (QED) is 0.725. The van der Waals surface area contributed by atoms with Gasteiger partial charge in [0.2, 0.25) is 0 Å². The second kappa shape index (κ2) is 4.19. The Balaban J connectivity index is 1.72. The van der Waals surface area contributed by atoms with Gasteiger partial charge in [-0.15, -0.1) is 0 Å². The third kappa shape index (κ3) is 2.29. The first kappa shape index (κ1) is 10.4. The average molecular weight is 196 g/mol. The van der Waals surface area contributed by atoms with Crippen LogP contribution in [-0.2, 0) is 0 Å². The molecule has 2 aliphatic rings. The van der Waals surface area contributed by atoms with Gasteiger partial charge >= 0.3 is 0 Å². The van der Waals surface area contributed by atoms with Crippen LogP contribution in [0.4, 0.5) is 0 Å². The van der Waals surface area contributed by atoms with Gasteiger partial charge in [0.25, 0.3) is 0 Å². The Labute approximate surface area is 87.6 Å². The van der Waals surface area contributed by atoms with Gasteiger partial charge in [-0.25, -0.2) is 0 Å². The molecular weight excluding hydrogens is 172 g/mol. The van der Waals surface area contributed by atoms with Crippen molar-refractivity contribution in [2.45, 2.75) is 64.0 Å². The van der Waals surface area contributed by atoms with Crippen LogP contribution < -0.4 is 11.1 Å². The van der Waals surface area contributed by atoms with Crippen LogP contribution in [0, 0.1) is 5.41 Å². The summed E-state index contributed by atoms with van der Waals surface area (Å²) in [5.74, 6) is 0. The molecule has 0 aliphatic heterocycles. The SMILES string of the molecule is CC1(CN)CCC(NC2CCC2)CC1. The lowest BCUT2D eigenvalue weighted by Gasteiger charge is -2.39. The van der Waals surface area contributed by atoms with Crippen LogP contribution in [0.5, 0.6) is 0 Å². The summed E-state index contributed by atoms with van der Waals surface area (Å²) in [4.78, 5) is 0. The third-order valence-corrected chi connectivity index (χ3v) is 4.26. The fourth-order valence-corrected chi connectivity index (χ4v) is 2.59. The van der Waals surface area contributed by atoms with E-state index < -0.39 is 0 Å². The maximum Gasteiger partial charge on any atom is 0.00700 e. The highest BCUT2D eigenvalue weighted by atomic mass is 15.0. The maximum absolute atomic E-state index is 5.80. The molecule has 0 unspecified atom stereocenters. The average Bonchev–Trinajstić information content (AvgIpc) is 2.14. The molecule has 14 heavy (non-hydrogen) atoms. The van der Waals surface area contributed by atoms with Crippen molar-refractivity contribution in [1.29, 1.82) is 0 Å². The lowest BCUT2D eigenvalue weighted by molar-refractivity contribution is 0.172. The molecule has 2 nitrogen and oxygen atoms in total. The summed E-state index contributed by atoms with van der Waals surface area (Å²) in [7, 11) is 0. The first-order valence-corrected chi connectivity index (χ1v) is 6.18. The zero-order valence-electron chi connectivity index (χ0n) is 9.39. The normalized spacial score (nSPS) is 39.4. The first-order valence-electron chi connectivity index (χ1n) is 6.18. The minimum atomic E-state index is 0.442. The van der Waals surface area contributed by atoms with Gasteiger partial charge in [0.05, 0.1) is 0 Å². The van der Waals surface area contributed by atoms with Gasteiger partial charge in [-0.3, -0.25) is 0 Å². The maximum atomic E-state index is 5.80. The fourth-order valence-electron chi connectivity index (χ4n) is 2.59. The third-order valence-electron chi connectivity index (χ3n) is 4.26. The van der Waals surface area contributed by atoms with Crippen molar-refractivity contribution < 1.29 is 0 Å². The van der Waals surface area contributed by atoms with Crippen molar-refractivity contribution in [2.75, 3.05) is 6.54 Å². The van der Waals surface area contributed by atoms with E-state index in [0.717, 1.165) is 18.6 Å². The monoisotopic (exact) mass is 196 g/mol. The summed E-state index contributed by atoms with van der Waals surface area (Å²) in [6.07, 6.45) is 9.55. The van der Waals surface area contributed by atoms with Crippen LogP contribution in [0.15, 0.2) is 0 Å². The smallest absolute Gasteiger partial charge is 0.00700 e. The zero-order valence-corrected chi connectivity index (χ0v) is 9.39. The Morgan fingerprint density at radius 2 is 1.71 bits per heavy atom. The van der Waals surface area contributed by atoms with Gasteiger partial charge in [-0.1, -0.05) is 13.3 Å². The molecular formula is C12H24N2. The van der Waals surface area contributed by atoms with Gasteiger partial charge in [0.1, 0.15) is 0 Å². The Hall–Kier alpha value is -0.0800. The van der Waals surface area contributed by atoms with Crippen molar-refractivity contribution in [2.24, 2.45) is 11.1 Å². The first-order chi connectivity index (χ1) is 6.72. The lowest BCUT2D eigenvalue weighted by Crippen LogP contribution is -2.46. The van der Waals surface area contributed by atoms with Crippen LogP contribution in [0.3, 0.4) is 0 Å². The van der Waals surface area contributed by atoms with E-state index >= 15 is 0 Å². The van der Waals surface area contributed by atoms with E-state index in [4.69, 9.17) is 5.73 Å². The van der Waals surface area contributed by atoms with E-state index in [2.05, 4.69) is 12.2 Å². The summed E-state index contributed by atoms with van der Waals surface area (Å²) >= 11 is 0. The summed E-state index contributed by atoms with van der Waals surface area (Å²) in [5.41, 5.74) is 6.24. The largest absolute Gasteiger partial charge is 0.330 e. The van der Waals surface area contributed by atoms with Gasteiger partial charge in [0.15, 0.2) is 0 Å². The number of hydrogen-bond donors (Lipinski definition) is 2. The zero-order chi connectivity index (χ0) is 10.0. The van der Waals surface area contributed by atoms with Gasteiger partial charge in [-0.2, -0.15) is 0 Å². The molecule has 2 aliphatic carbocycles. The van der Waals surface area contributed by atoms with Crippen molar-refractivity contribution >= 4 is 0 Å². The summed E-state index contributed by atoms with van der Waals surface area (Å²) in [6.45, 7) is 3.20. The topological polar surface area (TPSA) is 38.0 Å². The van der Waals surface area contributed by atoms with E-state index in [0.29, 0.717) is 5.41 Å². The molecule has 2 rings (SSSR count). The molecule has 0 heterocycles. The molecule has 3 N–H and O–H groups in total. The van der Waals surface area contributed by atoms with Crippen molar-refractivity contribution in [1.82, 2.24) is 5.32 Å². The predicted molar refractivity (Wildman–Crippen MR) is 60.2 cm³/mol. The number of nitrogens with two attached hydrogens (primary N) is 1. The highest BCUT2D eigenvalue weighted by Crippen LogP contribution is 2.35. The van der Waals surface area contributed by atoms with Crippen LogP contribution in [-0.4, -0.2) is 18.6 Å². The summed E-state index contributed by atoms with van der Waals surface area (Å²) in [5, 5.41) is 3.78. The van der Waals surface area contributed by atoms with E-state index in [1.54, 1.807) is 0 Å². The highest BCUT2D eigenvalue weighted by molar-refractivity contribution is 4.88. The fraction of sp³-hybridized carbons (Fsp3) is 1.00. The van der Waals surface area contributed by atoms with Crippen LogP contribution in [0.1, 0.15) is 51.9 Å². The molecule has 82 valence electrons. The minimum absolute atomic E-state index is 0.442. The molecule has 0 spiro atoms. The second-order valence-electron chi connectivity index (χ2n) is 5.58. The van der Waals surface area contributed by atoms with Crippen molar-refractivity contribution in [3.05, 3.63) is 0 Å². The van der Waals surface area contributed by atoms with Crippen LogP contribution in [0.25, 0.3) is 0 Å². The van der Waals surface area contributed by atoms with E-state index in [1.807, 2.05) is 0 Å². The molecule has 0 atom stereocenters. The molecule has 0 aromatic carbocycles. The van der Waals surface area contributed by atoms with E-state index in [9.17, 15) is 0 Å². The highest BCUT2D eigenvalue weighted by Gasteiger charge is 2.31. The lowest BCUT2D eigenvalue weighted by atomic mass is 9.73. The second-order valence-corrected chi connectivity index (χ2v) is 5.58. The number of rotatable bonds is 3. The molecule has 0 aromatic rings. The van der Waals surface area contributed by atoms with E-state index in [-0.39, 0.29) is 0 Å². The standard InChI is InChI=1S/C12H24N2/c1-12(9-13)7-5-11(6-8-12)14-10-3-2-4-10/h10-11,14H,2-9,13H2,1H3.